The van der Waals surface area contributed by atoms with Gasteiger partial charge < -0.3 is 5.43 Å². The highest BCUT2D eigenvalue weighted by Gasteiger charge is 2.05. The van der Waals surface area contributed by atoms with Gasteiger partial charge in [0.2, 0.25) is 0 Å². The maximum absolute atomic E-state index is 3.01. The largest absolute Gasteiger partial charge is 0.328 e. The summed E-state index contributed by atoms with van der Waals surface area (Å²) in [6.45, 7) is 5.39. The fourth-order valence-electron chi connectivity index (χ4n) is 0.719. The van der Waals surface area contributed by atoms with Gasteiger partial charge in [-0.1, -0.05) is 13.8 Å². The zero-order valence-corrected chi connectivity index (χ0v) is 5.36. The summed E-state index contributed by atoms with van der Waals surface area (Å²) in [6.07, 6.45) is 2.03. The van der Waals surface area contributed by atoms with Crippen molar-refractivity contribution in [1.82, 2.24) is 10.9 Å². The van der Waals surface area contributed by atoms with Crippen molar-refractivity contribution in [2.24, 2.45) is 5.92 Å². The lowest BCUT2D eigenvalue weighted by molar-refractivity contribution is 0.686. The lowest BCUT2D eigenvalue weighted by Crippen LogP contribution is -2.20. The maximum atomic E-state index is 3.01. The minimum absolute atomic E-state index is 0.678. The highest BCUT2D eigenvalue weighted by Crippen LogP contribution is 2.08. The quantitative estimate of drug-likeness (QED) is 0.520. The van der Waals surface area contributed by atoms with Crippen molar-refractivity contribution >= 4 is 0 Å². The second kappa shape index (κ2) is 2.18. The minimum Gasteiger partial charge on any atom is -0.328 e. The van der Waals surface area contributed by atoms with Gasteiger partial charge in [-0.2, -0.15) is 0 Å². The van der Waals surface area contributed by atoms with E-state index in [0.29, 0.717) is 5.92 Å². The third-order valence-electron chi connectivity index (χ3n) is 1.39. The molecule has 0 aromatic carbocycles. The molecule has 0 saturated carbocycles. The van der Waals surface area contributed by atoms with Gasteiger partial charge in [0, 0.05) is 12.7 Å². The standard InChI is InChI=1S/C6H12N2/c1-5(2)6-3-7-8-4-6/h3,5,7-8H,4H2,1-2H3. The molecular weight excluding hydrogens is 100 g/mol. The molecule has 2 heteroatoms. The summed E-state index contributed by atoms with van der Waals surface area (Å²) in [5.74, 6) is 0.678. The first kappa shape index (κ1) is 5.63. The minimum atomic E-state index is 0.678. The van der Waals surface area contributed by atoms with Gasteiger partial charge in [0.25, 0.3) is 0 Å². The third kappa shape index (κ3) is 1.01. The van der Waals surface area contributed by atoms with Crippen LogP contribution in [0.5, 0.6) is 0 Å². The second-order valence-electron chi connectivity index (χ2n) is 2.37. The molecule has 0 radical (unpaired) electrons. The van der Waals surface area contributed by atoms with Gasteiger partial charge in [-0.3, -0.25) is 0 Å². The zero-order chi connectivity index (χ0) is 5.98. The van der Waals surface area contributed by atoms with Crippen molar-refractivity contribution in [1.29, 1.82) is 0 Å². The topological polar surface area (TPSA) is 24.1 Å². The summed E-state index contributed by atoms with van der Waals surface area (Å²) in [4.78, 5) is 0. The first-order valence-electron chi connectivity index (χ1n) is 2.98. The van der Waals surface area contributed by atoms with Gasteiger partial charge in [-0.15, -0.1) is 0 Å². The van der Waals surface area contributed by atoms with Crippen LogP contribution in [0.3, 0.4) is 0 Å². The Morgan fingerprint density at radius 2 is 2.38 bits per heavy atom. The molecule has 0 fully saturated rings. The van der Waals surface area contributed by atoms with Gasteiger partial charge in [-0.05, 0) is 11.5 Å². The van der Waals surface area contributed by atoms with Crippen LogP contribution < -0.4 is 10.9 Å². The fourth-order valence-corrected chi connectivity index (χ4v) is 0.719. The molecule has 0 atom stereocenters. The van der Waals surface area contributed by atoms with Crippen LogP contribution in [0.15, 0.2) is 11.8 Å². The lowest BCUT2D eigenvalue weighted by atomic mass is 10.1. The molecule has 0 bridgehead atoms. The number of hydrazine groups is 1. The van der Waals surface area contributed by atoms with Crippen LogP contribution in [0.1, 0.15) is 13.8 Å². The Hall–Kier alpha value is -0.500. The van der Waals surface area contributed by atoms with Crippen LogP contribution in [0.4, 0.5) is 0 Å². The normalized spacial score (nSPS) is 18.6. The van der Waals surface area contributed by atoms with Gasteiger partial charge in [0.05, 0.1) is 0 Å². The van der Waals surface area contributed by atoms with Crippen molar-refractivity contribution in [3.05, 3.63) is 11.8 Å². The van der Waals surface area contributed by atoms with Crippen molar-refractivity contribution in [3.63, 3.8) is 0 Å². The summed E-state index contributed by atoms with van der Waals surface area (Å²) in [7, 11) is 0. The van der Waals surface area contributed by atoms with E-state index in [4.69, 9.17) is 0 Å². The molecule has 0 aliphatic carbocycles. The highest BCUT2D eigenvalue weighted by molar-refractivity contribution is 5.08. The SMILES string of the molecule is CC(C)C1=CNNC1. The summed E-state index contributed by atoms with van der Waals surface area (Å²) in [6, 6.07) is 0. The van der Waals surface area contributed by atoms with Crippen LogP contribution in [0.2, 0.25) is 0 Å². The predicted molar refractivity (Wildman–Crippen MR) is 34.1 cm³/mol. The third-order valence-corrected chi connectivity index (χ3v) is 1.39. The first-order chi connectivity index (χ1) is 3.80. The van der Waals surface area contributed by atoms with E-state index in [1.807, 2.05) is 6.20 Å². The van der Waals surface area contributed by atoms with Crippen molar-refractivity contribution in [3.8, 4) is 0 Å². The Labute approximate surface area is 49.9 Å². The van der Waals surface area contributed by atoms with Crippen molar-refractivity contribution < 1.29 is 0 Å². The predicted octanol–water partition coefficient (Wildman–Crippen LogP) is 0.634. The van der Waals surface area contributed by atoms with Crippen LogP contribution in [0.25, 0.3) is 0 Å². The molecule has 0 amide bonds. The molecule has 1 heterocycles. The fraction of sp³-hybridized carbons (Fsp3) is 0.667. The molecule has 1 rings (SSSR count). The second-order valence-corrected chi connectivity index (χ2v) is 2.37. The van der Waals surface area contributed by atoms with E-state index in [1.54, 1.807) is 0 Å². The van der Waals surface area contributed by atoms with E-state index in [1.165, 1.54) is 5.57 Å². The average Bonchev–Trinajstić information content (AvgIpc) is 2.12. The summed E-state index contributed by atoms with van der Waals surface area (Å²) >= 11 is 0. The molecule has 0 aromatic rings. The lowest BCUT2D eigenvalue weighted by Gasteiger charge is -2.01. The molecule has 8 heavy (non-hydrogen) atoms. The van der Waals surface area contributed by atoms with E-state index in [0.717, 1.165) is 6.54 Å². The van der Waals surface area contributed by atoms with E-state index in [2.05, 4.69) is 24.7 Å². The van der Waals surface area contributed by atoms with Crippen LogP contribution in [-0.4, -0.2) is 6.54 Å². The van der Waals surface area contributed by atoms with Crippen molar-refractivity contribution in [2.75, 3.05) is 6.54 Å². The molecule has 2 N–H and O–H groups in total. The highest BCUT2D eigenvalue weighted by atomic mass is 15.4. The number of hydrogen-bond donors (Lipinski definition) is 2. The number of rotatable bonds is 1. The Morgan fingerprint density at radius 1 is 1.62 bits per heavy atom. The summed E-state index contributed by atoms with van der Waals surface area (Å²) in [5, 5.41) is 0. The molecule has 2 nitrogen and oxygen atoms in total. The first-order valence-corrected chi connectivity index (χ1v) is 2.98. The van der Waals surface area contributed by atoms with Crippen LogP contribution in [-0.2, 0) is 0 Å². The van der Waals surface area contributed by atoms with Gasteiger partial charge in [0.15, 0.2) is 0 Å². The van der Waals surface area contributed by atoms with Crippen LogP contribution in [0, 0.1) is 5.92 Å². The molecule has 1 aliphatic heterocycles. The molecular formula is C6H12N2. The molecule has 46 valence electrons. The molecule has 0 spiro atoms. The number of nitrogens with one attached hydrogen (secondary N) is 2. The Bertz CT molecular complexity index is 105. The Kier molecular flexibility index (Phi) is 1.53. The average molecular weight is 112 g/mol. The Balaban J connectivity index is 2.45. The van der Waals surface area contributed by atoms with Gasteiger partial charge in [0.1, 0.15) is 0 Å². The smallest absolute Gasteiger partial charge is 0.0378 e. The molecule has 1 aliphatic rings. The van der Waals surface area contributed by atoms with Gasteiger partial charge in [-0.25, -0.2) is 5.43 Å². The van der Waals surface area contributed by atoms with E-state index >= 15 is 0 Å². The van der Waals surface area contributed by atoms with Crippen molar-refractivity contribution in [2.45, 2.75) is 13.8 Å². The molecule has 0 saturated heterocycles. The summed E-state index contributed by atoms with van der Waals surface area (Å²) in [5.41, 5.74) is 7.40. The van der Waals surface area contributed by atoms with Crippen LogP contribution >= 0.6 is 0 Å². The van der Waals surface area contributed by atoms with E-state index in [9.17, 15) is 0 Å². The maximum Gasteiger partial charge on any atom is 0.0378 e. The monoisotopic (exact) mass is 112 g/mol. The molecule has 0 aromatic heterocycles. The van der Waals surface area contributed by atoms with E-state index < -0.39 is 0 Å². The zero-order valence-electron chi connectivity index (χ0n) is 5.36. The molecule has 0 unspecified atom stereocenters. The summed E-state index contributed by atoms with van der Waals surface area (Å²) < 4.78 is 0. The Morgan fingerprint density at radius 3 is 2.62 bits per heavy atom. The number of hydrogen-bond acceptors (Lipinski definition) is 2. The van der Waals surface area contributed by atoms with E-state index in [-0.39, 0.29) is 0 Å². The van der Waals surface area contributed by atoms with Gasteiger partial charge >= 0.3 is 0 Å².